The van der Waals surface area contributed by atoms with E-state index in [1.54, 1.807) is 25.3 Å². The normalized spacial score (nSPS) is 9.40. The summed E-state index contributed by atoms with van der Waals surface area (Å²) in [5.41, 5.74) is 3.25. The predicted molar refractivity (Wildman–Crippen MR) is 62.1 cm³/mol. The Labute approximate surface area is 90.0 Å². The van der Waals surface area contributed by atoms with Crippen LogP contribution in [0.25, 0.3) is 0 Å². The van der Waals surface area contributed by atoms with Crippen LogP contribution in [0.15, 0.2) is 23.3 Å². The molecule has 1 rings (SSSR count). The van der Waals surface area contributed by atoms with Crippen LogP contribution >= 0.6 is 0 Å². The summed E-state index contributed by atoms with van der Waals surface area (Å²) < 4.78 is 17.8. The maximum absolute atomic E-state index is 13.1. The van der Waals surface area contributed by atoms with E-state index in [-0.39, 0.29) is 5.75 Å². The molecule has 0 bridgehead atoms. The van der Waals surface area contributed by atoms with E-state index in [2.05, 4.69) is 10.5 Å². The van der Waals surface area contributed by atoms with Gasteiger partial charge >= 0.3 is 0 Å². The number of halogens is 1. The van der Waals surface area contributed by atoms with Crippen LogP contribution in [-0.2, 0) is 0 Å². The molecular weight excluding hydrogens is 195 g/mol. The lowest BCUT2D eigenvalue weighted by Crippen LogP contribution is -1.92. The molecule has 0 heterocycles. The minimum absolute atomic E-state index is 0.228. The summed E-state index contributed by atoms with van der Waals surface area (Å²) in [6.07, 6.45) is 1.59. The molecular formula is C11H17FN2O. The highest BCUT2D eigenvalue weighted by molar-refractivity contribution is 5.56. The van der Waals surface area contributed by atoms with Gasteiger partial charge in [0.05, 0.1) is 12.8 Å². The van der Waals surface area contributed by atoms with Gasteiger partial charge in [0.25, 0.3) is 0 Å². The SMILES string of the molecule is C/C=N/Nc1ccc(OC)c(F)c1.CC. The van der Waals surface area contributed by atoms with Gasteiger partial charge < -0.3 is 4.74 Å². The number of anilines is 1. The quantitative estimate of drug-likeness (QED) is 0.616. The van der Waals surface area contributed by atoms with Crippen molar-refractivity contribution >= 4 is 11.9 Å². The van der Waals surface area contributed by atoms with Crippen LogP contribution in [0.2, 0.25) is 0 Å². The van der Waals surface area contributed by atoms with Gasteiger partial charge in [-0.2, -0.15) is 5.10 Å². The minimum atomic E-state index is -0.404. The standard InChI is InChI=1S/C9H11FN2O.C2H6/c1-3-11-12-7-4-5-9(13-2)8(10)6-7;1-2/h3-6,12H,1-2H3;1-2H3/b11-3+;. The number of hydrogen-bond acceptors (Lipinski definition) is 3. The number of ether oxygens (including phenoxy) is 1. The Morgan fingerprint density at radius 3 is 2.53 bits per heavy atom. The lowest BCUT2D eigenvalue weighted by atomic mass is 10.3. The summed E-state index contributed by atoms with van der Waals surface area (Å²) in [5, 5.41) is 3.76. The summed E-state index contributed by atoms with van der Waals surface area (Å²) >= 11 is 0. The summed E-state index contributed by atoms with van der Waals surface area (Å²) in [6, 6.07) is 4.56. The topological polar surface area (TPSA) is 33.6 Å². The smallest absolute Gasteiger partial charge is 0.167 e. The molecule has 0 aliphatic rings. The molecule has 1 aromatic carbocycles. The number of rotatable bonds is 3. The fourth-order valence-corrected chi connectivity index (χ4v) is 0.875. The third-order valence-electron chi connectivity index (χ3n) is 1.47. The third kappa shape index (κ3) is 4.44. The average molecular weight is 212 g/mol. The third-order valence-corrected chi connectivity index (χ3v) is 1.47. The van der Waals surface area contributed by atoms with E-state index >= 15 is 0 Å². The van der Waals surface area contributed by atoms with Gasteiger partial charge in [0.1, 0.15) is 0 Å². The number of nitrogens with one attached hydrogen (secondary N) is 1. The molecule has 0 aromatic heterocycles. The molecule has 1 N–H and O–H groups in total. The summed E-state index contributed by atoms with van der Waals surface area (Å²) in [5.74, 6) is -0.176. The van der Waals surface area contributed by atoms with E-state index in [4.69, 9.17) is 4.74 Å². The largest absolute Gasteiger partial charge is 0.494 e. The van der Waals surface area contributed by atoms with Crippen molar-refractivity contribution in [3.8, 4) is 5.75 Å². The van der Waals surface area contributed by atoms with Crippen LogP contribution in [0.4, 0.5) is 10.1 Å². The molecule has 0 spiro atoms. The van der Waals surface area contributed by atoms with Crippen LogP contribution in [0, 0.1) is 5.82 Å². The lowest BCUT2D eigenvalue weighted by molar-refractivity contribution is 0.386. The Balaban J connectivity index is 0.000000921. The Kier molecular flexibility index (Phi) is 6.97. The van der Waals surface area contributed by atoms with Crippen molar-refractivity contribution in [2.24, 2.45) is 5.10 Å². The Hall–Kier alpha value is -1.58. The fraction of sp³-hybridized carbons (Fsp3) is 0.364. The Morgan fingerprint density at radius 1 is 1.40 bits per heavy atom. The van der Waals surface area contributed by atoms with E-state index in [0.717, 1.165) is 0 Å². The van der Waals surface area contributed by atoms with Gasteiger partial charge in [-0.05, 0) is 19.1 Å². The molecule has 1 aromatic rings. The van der Waals surface area contributed by atoms with Gasteiger partial charge in [0.15, 0.2) is 11.6 Å². The monoisotopic (exact) mass is 212 g/mol. The molecule has 0 unspecified atom stereocenters. The van der Waals surface area contributed by atoms with Crippen molar-refractivity contribution in [3.05, 3.63) is 24.0 Å². The number of hydrazone groups is 1. The average Bonchev–Trinajstić information content (AvgIpc) is 2.29. The molecule has 84 valence electrons. The first-order valence-corrected chi connectivity index (χ1v) is 4.85. The van der Waals surface area contributed by atoms with Gasteiger partial charge in [-0.1, -0.05) is 13.8 Å². The molecule has 0 amide bonds. The summed E-state index contributed by atoms with van der Waals surface area (Å²) in [4.78, 5) is 0. The first kappa shape index (κ1) is 13.4. The van der Waals surface area contributed by atoms with E-state index in [1.807, 2.05) is 13.8 Å². The maximum Gasteiger partial charge on any atom is 0.167 e. The number of hydrogen-bond donors (Lipinski definition) is 1. The van der Waals surface area contributed by atoms with Crippen molar-refractivity contribution in [1.82, 2.24) is 0 Å². The number of nitrogens with zero attached hydrogens (tertiary/aromatic N) is 1. The first-order valence-electron chi connectivity index (χ1n) is 4.85. The van der Waals surface area contributed by atoms with Crippen molar-refractivity contribution < 1.29 is 9.13 Å². The van der Waals surface area contributed by atoms with Crippen LogP contribution in [0.1, 0.15) is 20.8 Å². The Bertz CT molecular complexity index is 313. The highest BCUT2D eigenvalue weighted by Crippen LogP contribution is 2.20. The van der Waals surface area contributed by atoms with Crippen LogP contribution < -0.4 is 10.2 Å². The van der Waals surface area contributed by atoms with Crippen LogP contribution in [0.3, 0.4) is 0 Å². The van der Waals surface area contributed by atoms with Crippen LogP contribution in [0.5, 0.6) is 5.75 Å². The van der Waals surface area contributed by atoms with Gasteiger partial charge in [0.2, 0.25) is 0 Å². The molecule has 4 heteroatoms. The molecule has 0 aliphatic heterocycles. The van der Waals surface area contributed by atoms with Gasteiger partial charge in [-0.15, -0.1) is 0 Å². The highest BCUT2D eigenvalue weighted by atomic mass is 19.1. The van der Waals surface area contributed by atoms with E-state index in [9.17, 15) is 4.39 Å². The molecule has 15 heavy (non-hydrogen) atoms. The second kappa shape index (κ2) is 7.79. The van der Waals surface area contributed by atoms with Gasteiger partial charge in [-0.3, -0.25) is 5.43 Å². The molecule has 0 saturated carbocycles. The van der Waals surface area contributed by atoms with Crippen molar-refractivity contribution in [1.29, 1.82) is 0 Å². The van der Waals surface area contributed by atoms with Crippen LogP contribution in [-0.4, -0.2) is 13.3 Å². The second-order valence-electron chi connectivity index (χ2n) is 2.35. The first-order chi connectivity index (χ1) is 7.27. The molecule has 0 atom stereocenters. The highest BCUT2D eigenvalue weighted by Gasteiger charge is 2.01. The van der Waals surface area contributed by atoms with Gasteiger partial charge in [0, 0.05) is 12.3 Å². The molecule has 0 saturated heterocycles. The Morgan fingerprint density at radius 2 is 2.07 bits per heavy atom. The number of benzene rings is 1. The maximum atomic E-state index is 13.1. The predicted octanol–water partition coefficient (Wildman–Crippen LogP) is 3.28. The molecule has 0 radical (unpaired) electrons. The zero-order chi connectivity index (χ0) is 11.7. The van der Waals surface area contributed by atoms with Crippen molar-refractivity contribution in [2.75, 3.05) is 12.5 Å². The molecule has 3 nitrogen and oxygen atoms in total. The number of methoxy groups -OCH3 is 1. The zero-order valence-electron chi connectivity index (χ0n) is 9.54. The van der Waals surface area contributed by atoms with Crippen molar-refractivity contribution in [2.45, 2.75) is 20.8 Å². The minimum Gasteiger partial charge on any atom is -0.494 e. The van der Waals surface area contributed by atoms with Crippen molar-refractivity contribution in [3.63, 3.8) is 0 Å². The van der Waals surface area contributed by atoms with E-state index in [1.165, 1.54) is 13.2 Å². The lowest BCUT2D eigenvalue weighted by Gasteiger charge is -2.03. The van der Waals surface area contributed by atoms with E-state index < -0.39 is 5.82 Å². The molecule has 0 aliphatic carbocycles. The van der Waals surface area contributed by atoms with Gasteiger partial charge in [-0.25, -0.2) is 4.39 Å². The zero-order valence-corrected chi connectivity index (χ0v) is 9.54. The summed E-state index contributed by atoms with van der Waals surface area (Å²) in [6.45, 7) is 5.77. The molecule has 0 fully saturated rings. The fourth-order valence-electron chi connectivity index (χ4n) is 0.875. The second-order valence-corrected chi connectivity index (χ2v) is 2.35. The summed E-state index contributed by atoms with van der Waals surface area (Å²) in [7, 11) is 1.43. The van der Waals surface area contributed by atoms with E-state index in [0.29, 0.717) is 5.69 Å².